The molecule has 2 aromatic rings. The molecule has 0 bridgehead atoms. The van der Waals surface area contributed by atoms with Crippen LogP contribution in [0.15, 0.2) is 36.5 Å². The Morgan fingerprint density at radius 3 is 2.73 bits per heavy atom. The van der Waals surface area contributed by atoms with E-state index in [0.29, 0.717) is 11.6 Å². The van der Waals surface area contributed by atoms with E-state index < -0.39 is 6.17 Å². The van der Waals surface area contributed by atoms with Crippen molar-refractivity contribution in [2.24, 2.45) is 0 Å². The first-order valence-corrected chi connectivity index (χ1v) is 7.05. The van der Waals surface area contributed by atoms with Crippen LogP contribution >= 0.6 is 0 Å². The van der Waals surface area contributed by atoms with Crippen molar-refractivity contribution in [2.45, 2.75) is 26.1 Å². The summed E-state index contributed by atoms with van der Waals surface area (Å²) in [5.74, 6) is 0.892. The molecular formula is C16H16N4O2. The SMILES string of the molecule is CC(=O)c1cnc2c(n1)N(C(C)c1ccccc1)[C@@H](C=O)N2. The van der Waals surface area contributed by atoms with Gasteiger partial charge in [-0.1, -0.05) is 30.3 Å². The van der Waals surface area contributed by atoms with Crippen LogP contribution in [0.1, 0.15) is 35.9 Å². The molecular weight excluding hydrogens is 280 g/mol. The number of aromatic nitrogens is 2. The third-order valence-electron chi connectivity index (χ3n) is 3.77. The van der Waals surface area contributed by atoms with Crippen molar-refractivity contribution >= 4 is 23.7 Å². The Morgan fingerprint density at radius 2 is 2.09 bits per heavy atom. The van der Waals surface area contributed by atoms with Gasteiger partial charge in [-0.25, -0.2) is 9.97 Å². The van der Waals surface area contributed by atoms with Crippen molar-refractivity contribution in [3.8, 4) is 0 Å². The van der Waals surface area contributed by atoms with Crippen LogP contribution in [0.4, 0.5) is 11.6 Å². The second-order valence-corrected chi connectivity index (χ2v) is 5.20. The Hall–Kier alpha value is -2.76. The van der Waals surface area contributed by atoms with Crippen LogP contribution < -0.4 is 10.2 Å². The summed E-state index contributed by atoms with van der Waals surface area (Å²) in [5.41, 5.74) is 1.34. The maximum Gasteiger partial charge on any atom is 0.179 e. The summed E-state index contributed by atoms with van der Waals surface area (Å²) in [6.07, 6.45) is 1.69. The van der Waals surface area contributed by atoms with Gasteiger partial charge in [0, 0.05) is 6.92 Å². The normalized spacial score (nSPS) is 17.5. The summed E-state index contributed by atoms with van der Waals surface area (Å²) in [4.78, 5) is 33.4. The smallest absolute Gasteiger partial charge is 0.179 e. The molecule has 1 aromatic heterocycles. The third kappa shape index (κ3) is 2.32. The lowest BCUT2D eigenvalue weighted by Crippen LogP contribution is -2.39. The number of carbonyl (C=O) groups excluding carboxylic acids is 2. The number of aldehydes is 1. The van der Waals surface area contributed by atoms with E-state index in [4.69, 9.17) is 0 Å². The number of anilines is 2. The largest absolute Gasteiger partial charge is 0.341 e. The van der Waals surface area contributed by atoms with E-state index in [0.717, 1.165) is 11.8 Å². The van der Waals surface area contributed by atoms with Gasteiger partial charge in [0.1, 0.15) is 5.69 Å². The van der Waals surface area contributed by atoms with Crippen molar-refractivity contribution in [3.63, 3.8) is 0 Å². The van der Waals surface area contributed by atoms with Crippen LogP contribution in [0.2, 0.25) is 0 Å². The van der Waals surface area contributed by atoms with Crippen LogP contribution in [0.5, 0.6) is 0 Å². The van der Waals surface area contributed by atoms with Gasteiger partial charge in [0.15, 0.2) is 29.9 Å². The fourth-order valence-electron chi connectivity index (χ4n) is 2.59. The van der Waals surface area contributed by atoms with E-state index >= 15 is 0 Å². The van der Waals surface area contributed by atoms with Crippen LogP contribution in [0, 0.1) is 0 Å². The average molecular weight is 296 g/mol. The van der Waals surface area contributed by atoms with Crippen molar-refractivity contribution in [1.29, 1.82) is 0 Å². The zero-order valence-electron chi connectivity index (χ0n) is 12.4. The van der Waals surface area contributed by atoms with Crippen molar-refractivity contribution in [2.75, 3.05) is 10.2 Å². The number of hydrogen-bond donors (Lipinski definition) is 1. The van der Waals surface area contributed by atoms with Crippen LogP contribution in [-0.4, -0.2) is 28.2 Å². The third-order valence-corrected chi connectivity index (χ3v) is 3.77. The number of carbonyl (C=O) groups is 2. The van der Waals surface area contributed by atoms with Gasteiger partial charge in [-0.3, -0.25) is 9.59 Å². The fourth-order valence-corrected chi connectivity index (χ4v) is 2.59. The molecule has 1 aromatic carbocycles. The maximum absolute atomic E-state index is 11.5. The highest BCUT2D eigenvalue weighted by Crippen LogP contribution is 2.36. The number of fused-ring (bicyclic) bond motifs is 1. The summed E-state index contributed by atoms with van der Waals surface area (Å²) >= 11 is 0. The summed E-state index contributed by atoms with van der Waals surface area (Å²) in [6, 6.07) is 9.74. The molecule has 0 saturated carbocycles. The molecule has 0 aliphatic carbocycles. The van der Waals surface area contributed by atoms with E-state index in [2.05, 4.69) is 15.3 Å². The minimum Gasteiger partial charge on any atom is -0.341 e. The Morgan fingerprint density at radius 1 is 1.36 bits per heavy atom. The zero-order valence-corrected chi connectivity index (χ0v) is 12.4. The molecule has 0 amide bonds. The Labute approximate surface area is 128 Å². The van der Waals surface area contributed by atoms with Crippen molar-refractivity contribution in [1.82, 2.24) is 9.97 Å². The second-order valence-electron chi connectivity index (χ2n) is 5.20. The number of rotatable bonds is 4. The molecule has 112 valence electrons. The lowest BCUT2D eigenvalue weighted by molar-refractivity contribution is -0.108. The number of benzene rings is 1. The van der Waals surface area contributed by atoms with Gasteiger partial charge in [-0.05, 0) is 12.5 Å². The molecule has 0 spiro atoms. The first kappa shape index (κ1) is 14.2. The molecule has 2 atom stereocenters. The summed E-state index contributed by atoms with van der Waals surface area (Å²) < 4.78 is 0. The Balaban J connectivity index is 2.05. The number of ketones is 1. The molecule has 6 heteroatoms. The van der Waals surface area contributed by atoms with Crippen LogP contribution in [0.25, 0.3) is 0 Å². The highest BCUT2D eigenvalue weighted by Gasteiger charge is 2.35. The predicted molar refractivity (Wildman–Crippen MR) is 82.8 cm³/mol. The fraction of sp³-hybridized carbons (Fsp3) is 0.250. The molecule has 1 aliphatic rings. The highest BCUT2D eigenvalue weighted by molar-refractivity contribution is 5.93. The lowest BCUT2D eigenvalue weighted by Gasteiger charge is -2.29. The summed E-state index contributed by atoms with van der Waals surface area (Å²) in [7, 11) is 0. The van der Waals surface area contributed by atoms with Gasteiger partial charge in [0.25, 0.3) is 0 Å². The van der Waals surface area contributed by atoms with Gasteiger partial charge in [-0.15, -0.1) is 0 Å². The number of nitrogens with one attached hydrogen (secondary N) is 1. The first-order chi connectivity index (χ1) is 10.6. The topological polar surface area (TPSA) is 75.2 Å². The standard InChI is InChI=1S/C16H16N4O2/c1-10(12-6-4-3-5-7-12)20-14(9-21)19-15-16(20)18-13(8-17-15)11(2)22/h3-10,14H,1-2H3,(H,17,19)/t10?,14-/m0/s1. The van der Waals surface area contributed by atoms with E-state index in [-0.39, 0.29) is 17.5 Å². The molecule has 6 nitrogen and oxygen atoms in total. The van der Waals surface area contributed by atoms with Crippen LogP contribution in [-0.2, 0) is 4.79 Å². The van der Waals surface area contributed by atoms with Gasteiger partial charge >= 0.3 is 0 Å². The van der Waals surface area contributed by atoms with E-state index in [1.807, 2.05) is 42.2 Å². The number of nitrogens with zero attached hydrogens (tertiary/aromatic N) is 3. The lowest BCUT2D eigenvalue weighted by atomic mass is 10.1. The van der Waals surface area contributed by atoms with Crippen molar-refractivity contribution < 1.29 is 9.59 Å². The number of hydrogen-bond acceptors (Lipinski definition) is 6. The summed E-state index contributed by atoms with van der Waals surface area (Å²) in [6.45, 7) is 3.44. The van der Waals surface area contributed by atoms with Gasteiger partial charge < -0.3 is 10.2 Å². The molecule has 1 N–H and O–H groups in total. The minimum absolute atomic E-state index is 0.0818. The molecule has 1 aliphatic heterocycles. The average Bonchev–Trinajstić information content (AvgIpc) is 2.92. The monoisotopic (exact) mass is 296 g/mol. The molecule has 0 fully saturated rings. The van der Waals surface area contributed by atoms with Crippen LogP contribution in [0.3, 0.4) is 0 Å². The highest BCUT2D eigenvalue weighted by atomic mass is 16.1. The maximum atomic E-state index is 11.5. The Bertz CT molecular complexity index is 717. The Kier molecular flexibility index (Phi) is 3.58. The molecule has 3 rings (SSSR count). The minimum atomic E-state index is -0.549. The zero-order chi connectivity index (χ0) is 15.7. The predicted octanol–water partition coefficient (Wildman–Crippen LogP) is 2.20. The molecule has 0 radical (unpaired) electrons. The van der Waals surface area contributed by atoms with E-state index in [1.54, 1.807) is 0 Å². The van der Waals surface area contributed by atoms with Gasteiger partial charge in [-0.2, -0.15) is 0 Å². The molecule has 22 heavy (non-hydrogen) atoms. The van der Waals surface area contributed by atoms with E-state index in [9.17, 15) is 9.59 Å². The summed E-state index contributed by atoms with van der Waals surface area (Å²) in [5, 5.41) is 3.02. The van der Waals surface area contributed by atoms with Gasteiger partial charge in [0.05, 0.1) is 12.2 Å². The van der Waals surface area contributed by atoms with Crippen molar-refractivity contribution in [3.05, 3.63) is 47.8 Å². The molecule has 1 unspecified atom stereocenters. The molecule has 2 heterocycles. The second kappa shape index (κ2) is 5.55. The molecule has 0 saturated heterocycles. The van der Waals surface area contributed by atoms with E-state index in [1.165, 1.54) is 13.1 Å². The quantitative estimate of drug-likeness (QED) is 0.688. The first-order valence-electron chi connectivity index (χ1n) is 7.05. The number of Topliss-reactive ketones (excluding diaryl/α,β-unsaturated/α-hetero) is 1. The van der Waals surface area contributed by atoms with Gasteiger partial charge in [0.2, 0.25) is 0 Å².